The Bertz CT molecular complexity index is 397. The molecule has 0 radical (unpaired) electrons. The number of ether oxygens (including phenoxy) is 1. The summed E-state index contributed by atoms with van der Waals surface area (Å²) in [5.74, 6) is 0.938. The lowest BCUT2D eigenvalue weighted by molar-refractivity contribution is 0.406. The van der Waals surface area contributed by atoms with Crippen LogP contribution in [0.1, 0.15) is 13.3 Å². The molecule has 0 aliphatic carbocycles. The van der Waals surface area contributed by atoms with Crippen molar-refractivity contribution in [1.29, 1.82) is 0 Å². The fraction of sp³-hybridized carbons (Fsp3) is 0.571. The van der Waals surface area contributed by atoms with Gasteiger partial charge in [0.2, 0.25) is 0 Å². The van der Waals surface area contributed by atoms with Gasteiger partial charge in [0.25, 0.3) is 0 Å². The second-order valence-electron chi connectivity index (χ2n) is 4.93. The summed E-state index contributed by atoms with van der Waals surface area (Å²) in [6.45, 7) is 6.22. The average Bonchev–Trinajstić information content (AvgIpc) is 2.33. The molecule has 1 aromatic rings. The highest BCUT2D eigenvalue weighted by atomic mass is 19.1. The van der Waals surface area contributed by atoms with Crippen molar-refractivity contribution in [2.24, 2.45) is 5.92 Å². The second kappa shape index (κ2) is 6.05. The molecular formula is C14H21FN2O. The van der Waals surface area contributed by atoms with Crippen molar-refractivity contribution in [3.05, 3.63) is 24.0 Å². The van der Waals surface area contributed by atoms with Crippen LogP contribution in [-0.4, -0.2) is 33.3 Å². The van der Waals surface area contributed by atoms with Crippen LogP contribution in [0.25, 0.3) is 0 Å². The Balaban J connectivity index is 2.22. The van der Waals surface area contributed by atoms with E-state index in [4.69, 9.17) is 4.74 Å². The van der Waals surface area contributed by atoms with Crippen molar-refractivity contribution >= 4 is 5.69 Å². The molecule has 0 spiro atoms. The Morgan fingerprint density at radius 3 is 3.06 bits per heavy atom. The molecule has 1 aromatic carbocycles. The molecule has 0 aromatic heterocycles. The highest BCUT2D eigenvalue weighted by molar-refractivity contribution is 5.58. The summed E-state index contributed by atoms with van der Waals surface area (Å²) in [5, 5.41) is 3.43. The highest BCUT2D eigenvalue weighted by Crippen LogP contribution is 2.29. The number of methoxy groups -OCH3 is 1. The number of hydrogen-bond acceptors (Lipinski definition) is 3. The summed E-state index contributed by atoms with van der Waals surface area (Å²) in [6, 6.07) is 4.77. The molecule has 1 unspecified atom stereocenters. The van der Waals surface area contributed by atoms with Crippen LogP contribution in [0.2, 0.25) is 0 Å². The molecule has 1 heterocycles. The Kier molecular flexibility index (Phi) is 4.42. The number of rotatable bonds is 2. The summed E-state index contributed by atoms with van der Waals surface area (Å²) >= 11 is 0. The number of halogens is 1. The molecule has 1 saturated heterocycles. The van der Waals surface area contributed by atoms with Crippen molar-refractivity contribution < 1.29 is 9.13 Å². The van der Waals surface area contributed by atoms with E-state index in [0.29, 0.717) is 11.7 Å². The first-order chi connectivity index (χ1) is 8.70. The highest BCUT2D eigenvalue weighted by Gasteiger charge is 2.17. The predicted molar refractivity (Wildman–Crippen MR) is 71.8 cm³/mol. The topological polar surface area (TPSA) is 24.5 Å². The third-order valence-electron chi connectivity index (χ3n) is 3.29. The number of nitrogens with zero attached hydrogens (tertiary/aromatic N) is 1. The summed E-state index contributed by atoms with van der Waals surface area (Å²) < 4.78 is 18.5. The van der Waals surface area contributed by atoms with E-state index in [1.54, 1.807) is 7.11 Å². The fourth-order valence-corrected chi connectivity index (χ4v) is 2.41. The minimum absolute atomic E-state index is 0.252. The van der Waals surface area contributed by atoms with Gasteiger partial charge >= 0.3 is 0 Å². The molecule has 1 aliphatic rings. The zero-order valence-corrected chi connectivity index (χ0v) is 11.1. The lowest BCUT2D eigenvalue weighted by Crippen LogP contribution is -2.39. The maximum absolute atomic E-state index is 13.2. The van der Waals surface area contributed by atoms with Crippen LogP contribution >= 0.6 is 0 Å². The van der Waals surface area contributed by atoms with Gasteiger partial charge in [0, 0.05) is 19.2 Å². The zero-order valence-electron chi connectivity index (χ0n) is 11.1. The normalized spacial score (nSPS) is 21.3. The summed E-state index contributed by atoms with van der Waals surface area (Å²) in [7, 11) is 1.59. The molecule has 18 heavy (non-hydrogen) atoms. The van der Waals surface area contributed by atoms with Crippen LogP contribution in [-0.2, 0) is 0 Å². The monoisotopic (exact) mass is 252 g/mol. The first-order valence-corrected chi connectivity index (χ1v) is 6.50. The molecule has 100 valence electrons. The molecule has 1 N–H and O–H groups in total. The van der Waals surface area contributed by atoms with E-state index in [1.165, 1.54) is 12.1 Å². The Morgan fingerprint density at radius 1 is 1.44 bits per heavy atom. The van der Waals surface area contributed by atoms with Crippen LogP contribution in [0.3, 0.4) is 0 Å². The van der Waals surface area contributed by atoms with Gasteiger partial charge in [0.05, 0.1) is 12.8 Å². The van der Waals surface area contributed by atoms with Gasteiger partial charge in [-0.1, -0.05) is 6.92 Å². The molecular weight excluding hydrogens is 231 g/mol. The van der Waals surface area contributed by atoms with Crippen LogP contribution in [0.5, 0.6) is 5.75 Å². The largest absolute Gasteiger partial charge is 0.494 e. The van der Waals surface area contributed by atoms with Gasteiger partial charge in [-0.05, 0) is 37.6 Å². The minimum Gasteiger partial charge on any atom is -0.494 e. The van der Waals surface area contributed by atoms with Crippen molar-refractivity contribution in [3.63, 3.8) is 0 Å². The van der Waals surface area contributed by atoms with Crippen LogP contribution in [0, 0.1) is 11.7 Å². The van der Waals surface area contributed by atoms with Gasteiger partial charge < -0.3 is 15.0 Å². The summed E-state index contributed by atoms with van der Waals surface area (Å²) in [6.07, 6.45) is 1.09. The van der Waals surface area contributed by atoms with Gasteiger partial charge in [-0.3, -0.25) is 0 Å². The quantitative estimate of drug-likeness (QED) is 0.874. The zero-order chi connectivity index (χ0) is 13.0. The predicted octanol–water partition coefficient (Wildman–Crippen LogP) is 2.27. The van der Waals surface area contributed by atoms with E-state index in [9.17, 15) is 4.39 Å². The summed E-state index contributed by atoms with van der Waals surface area (Å²) in [5.41, 5.74) is 0.993. The Labute approximate surface area is 108 Å². The van der Waals surface area contributed by atoms with Crippen molar-refractivity contribution in [3.8, 4) is 5.75 Å². The van der Waals surface area contributed by atoms with Gasteiger partial charge in [-0.25, -0.2) is 4.39 Å². The van der Waals surface area contributed by atoms with E-state index >= 15 is 0 Å². The molecule has 4 heteroatoms. The van der Waals surface area contributed by atoms with Gasteiger partial charge in [-0.15, -0.1) is 0 Å². The molecule has 0 amide bonds. The number of nitrogens with one attached hydrogen (secondary N) is 1. The van der Waals surface area contributed by atoms with Crippen LogP contribution in [0.4, 0.5) is 10.1 Å². The molecule has 0 saturated carbocycles. The van der Waals surface area contributed by atoms with Crippen molar-refractivity contribution in [2.75, 3.05) is 38.2 Å². The standard InChI is InChI=1S/C14H21FN2O/c1-11-9-16-6-3-7-17(10-11)13-5-4-12(15)8-14(13)18-2/h4-5,8,11,16H,3,6-7,9-10H2,1-2H3. The first-order valence-electron chi connectivity index (χ1n) is 6.50. The fourth-order valence-electron chi connectivity index (χ4n) is 2.41. The maximum Gasteiger partial charge on any atom is 0.145 e. The first kappa shape index (κ1) is 13.1. The SMILES string of the molecule is COc1cc(F)ccc1N1CCCNCC(C)C1. The van der Waals surface area contributed by atoms with E-state index < -0.39 is 0 Å². The lowest BCUT2D eigenvalue weighted by atomic mass is 10.1. The average molecular weight is 252 g/mol. The van der Waals surface area contributed by atoms with Gasteiger partial charge in [-0.2, -0.15) is 0 Å². The third kappa shape index (κ3) is 3.13. The number of hydrogen-bond donors (Lipinski definition) is 1. The van der Waals surface area contributed by atoms with E-state index in [2.05, 4.69) is 17.1 Å². The smallest absolute Gasteiger partial charge is 0.145 e. The van der Waals surface area contributed by atoms with Gasteiger partial charge in [0.15, 0.2) is 0 Å². The minimum atomic E-state index is -0.252. The van der Waals surface area contributed by atoms with Crippen molar-refractivity contribution in [2.45, 2.75) is 13.3 Å². The second-order valence-corrected chi connectivity index (χ2v) is 4.93. The van der Waals surface area contributed by atoms with E-state index in [1.807, 2.05) is 6.07 Å². The number of anilines is 1. The lowest BCUT2D eigenvalue weighted by Gasteiger charge is -2.31. The van der Waals surface area contributed by atoms with Crippen LogP contribution < -0.4 is 15.0 Å². The third-order valence-corrected chi connectivity index (χ3v) is 3.29. The Hall–Kier alpha value is -1.29. The molecule has 0 bridgehead atoms. The number of benzene rings is 1. The molecule has 1 aliphatic heterocycles. The Morgan fingerprint density at radius 2 is 2.28 bits per heavy atom. The summed E-state index contributed by atoms with van der Waals surface area (Å²) in [4.78, 5) is 2.30. The maximum atomic E-state index is 13.2. The molecule has 3 nitrogen and oxygen atoms in total. The molecule has 1 fully saturated rings. The molecule has 1 atom stereocenters. The van der Waals surface area contributed by atoms with Gasteiger partial charge in [0.1, 0.15) is 11.6 Å². The van der Waals surface area contributed by atoms with E-state index in [-0.39, 0.29) is 5.82 Å². The molecule has 2 rings (SSSR count). The van der Waals surface area contributed by atoms with Crippen molar-refractivity contribution in [1.82, 2.24) is 5.32 Å². The van der Waals surface area contributed by atoms with E-state index in [0.717, 1.165) is 38.3 Å². The van der Waals surface area contributed by atoms with Crippen LogP contribution in [0.15, 0.2) is 18.2 Å².